The van der Waals surface area contributed by atoms with Crippen LogP contribution in [-0.2, 0) is 6.42 Å². The molecule has 1 aromatic rings. The molecule has 0 aromatic heterocycles. The number of aliphatic hydroxyl groups is 1. The Morgan fingerprint density at radius 3 is 2.31 bits per heavy atom. The van der Waals surface area contributed by atoms with E-state index < -0.39 is 6.10 Å². The molecule has 16 heavy (non-hydrogen) atoms. The van der Waals surface area contributed by atoms with Crippen molar-refractivity contribution in [3.8, 4) is 11.5 Å². The van der Waals surface area contributed by atoms with Crippen molar-refractivity contribution in [3.05, 3.63) is 23.3 Å². The van der Waals surface area contributed by atoms with Gasteiger partial charge in [0.25, 0.3) is 0 Å². The minimum atomic E-state index is -0.474. The highest BCUT2D eigenvalue weighted by atomic mass is 16.5. The van der Waals surface area contributed by atoms with E-state index in [1.54, 1.807) is 6.92 Å². The summed E-state index contributed by atoms with van der Waals surface area (Å²) in [7, 11) is 1.53. The van der Waals surface area contributed by atoms with Crippen LogP contribution in [0.15, 0.2) is 12.1 Å². The molecule has 0 bridgehead atoms. The number of phenolic OH excluding ortho intramolecular Hbond substituents is 1. The predicted molar refractivity (Wildman–Crippen MR) is 64.1 cm³/mol. The van der Waals surface area contributed by atoms with Crippen molar-refractivity contribution >= 4 is 0 Å². The minimum Gasteiger partial charge on any atom is -0.504 e. The second kappa shape index (κ2) is 5.21. The van der Waals surface area contributed by atoms with Crippen molar-refractivity contribution in [1.82, 2.24) is 0 Å². The van der Waals surface area contributed by atoms with E-state index in [2.05, 4.69) is 13.8 Å². The first-order valence-corrected chi connectivity index (χ1v) is 5.53. The molecule has 2 N–H and O–H groups in total. The second-order valence-electron chi connectivity index (χ2n) is 4.44. The topological polar surface area (TPSA) is 49.7 Å². The number of rotatable bonds is 4. The number of benzene rings is 1. The summed E-state index contributed by atoms with van der Waals surface area (Å²) < 4.78 is 5.13. The van der Waals surface area contributed by atoms with Crippen LogP contribution >= 0.6 is 0 Å². The van der Waals surface area contributed by atoms with Gasteiger partial charge in [0.2, 0.25) is 0 Å². The molecule has 3 nitrogen and oxygen atoms in total. The van der Waals surface area contributed by atoms with Crippen LogP contribution in [-0.4, -0.2) is 23.4 Å². The summed E-state index contributed by atoms with van der Waals surface area (Å²) in [5.41, 5.74) is 1.84. The van der Waals surface area contributed by atoms with Crippen molar-refractivity contribution < 1.29 is 14.9 Å². The lowest BCUT2D eigenvalue weighted by molar-refractivity contribution is 0.194. The van der Waals surface area contributed by atoms with Gasteiger partial charge in [-0.15, -0.1) is 0 Å². The SMILES string of the molecule is COc1cc(C(C)C)cc(CC(C)O)c1O. The standard InChI is InChI=1S/C13H20O3/c1-8(2)10-6-11(5-9(3)14)13(15)12(7-10)16-4/h6-9,14-15H,5H2,1-4H3. The third-order valence-corrected chi connectivity index (χ3v) is 2.58. The van der Waals surface area contributed by atoms with Gasteiger partial charge in [0.15, 0.2) is 11.5 Å². The average molecular weight is 224 g/mol. The van der Waals surface area contributed by atoms with E-state index in [4.69, 9.17) is 4.74 Å². The summed E-state index contributed by atoms with van der Waals surface area (Å²) in [5.74, 6) is 0.969. The highest BCUT2D eigenvalue weighted by Gasteiger charge is 2.13. The van der Waals surface area contributed by atoms with Crippen molar-refractivity contribution in [1.29, 1.82) is 0 Å². The quantitative estimate of drug-likeness (QED) is 0.826. The van der Waals surface area contributed by atoms with E-state index in [1.165, 1.54) is 7.11 Å². The van der Waals surface area contributed by atoms with E-state index in [9.17, 15) is 10.2 Å². The summed E-state index contributed by atoms with van der Waals surface area (Å²) in [6.07, 6.45) is -0.0408. The first kappa shape index (κ1) is 12.8. The average Bonchev–Trinajstić information content (AvgIpc) is 2.20. The van der Waals surface area contributed by atoms with Crippen LogP contribution in [0.3, 0.4) is 0 Å². The molecule has 1 aromatic carbocycles. The Morgan fingerprint density at radius 2 is 1.88 bits per heavy atom. The number of aliphatic hydroxyl groups excluding tert-OH is 1. The van der Waals surface area contributed by atoms with Gasteiger partial charge in [-0.25, -0.2) is 0 Å². The first-order chi connectivity index (χ1) is 7.45. The highest BCUT2D eigenvalue weighted by Crippen LogP contribution is 2.34. The molecular weight excluding hydrogens is 204 g/mol. The van der Waals surface area contributed by atoms with Gasteiger partial charge in [-0.1, -0.05) is 19.9 Å². The van der Waals surface area contributed by atoms with E-state index >= 15 is 0 Å². The predicted octanol–water partition coefficient (Wildman–Crippen LogP) is 2.45. The van der Waals surface area contributed by atoms with Gasteiger partial charge < -0.3 is 14.9 Å². The summed E-state index contributed by atoms with van der Waals surface area (Å²) in [5, 5.41) is 19.3. The second-order valence-corrected chi connectivity index (χ2v) is 4.44. The lowest BCUT2D eigenvalue weighted by atomic mass is 9.97. The van der Waals surface area contributed by atoms with Crippen LogP contribution in [0, 0.1) is 0 Å². The van der Waals surface area contributed by atoms with Crippen LogP contribution in [0.5, 0.6) is 11.5 Å². The largest absolute Gasteiger partial charge is 0.504 e. The maximum absolute atomic E-state index is 9.91. The molecule has 0 amide bonds. The fourth-order valence-electron chi connectivity index (χ4n) is 1.65. The van der Waals surface area contributed by atoms with Crippen molar-refractivity contribution in [2.45, 2.75) is 39.2 Å². The van der Waals surface area contributed by atoms with Gasteiger partial charge >= 0.3 is 0 Å². The van der Waals surface area contributed by atoms with Crippen molar-refractivity contribution in [2.75, 3.05) is 7.11 Å². The van der Waals surface area contributed by atoms with Crippen LogP contribution < -0.4 is 4.74 Å². The molecule has 0 heterocycles. The van der Waals surface area contributed by atoms with Crippen LogP contribution in [0.1, 0.15) is 37.8 Å². The Labute approximate surface area is 96.7 Å². The van der Waals surface area contributed by atoms with Gasteiger partial charge in [0.1, 0.15) is 0 Å². The summed E-state index contributed by atoms with van der Waals surface area (Å²) >= 11 is 0. The van der Waals surface area contributed by atoms with Crippen LogP contribution in [0.4, 0.5) is 0 Å². The summed E-state index contributed by atoms with van der Waals surface area (Å²) in [6, 6.07) is 3.76. The number of ether oxygens (including phenoxy) is 1. The van der Waals surface area contributed by atoms with Gasteiger partial charge in [-0.3, -0.25) is 0 Å². The lowest BCUT2D eigenvalue weighted by Crippen LogP contribution is -2.06. The zero-order valence-corrected chi connectivity index (χ0v) is 10.3. The Hall–Kier alpha value is -1.22. The smallest absolute Gasteiger partial charge is 0.161 e. The van der Waals surface area contributed by atoms with Gasteiger partial charge in [0, 0.05) is 12.0 Å². The first-order valence-electron chi connectivity index (χ1n) is 5.53. The fourth-order valence-corrected chi connectivity index (χ4v) is 1.65. The molecule has 0 aliphatic heterocycles. The van der Waals surface area contributed by atoms with E-state index in [0.29, 0.717) is 18.1 Å². The Morgan fingerprint density at radius 1 is 1.25 bits per heavy atom. The number of hydrogen-bond donors (Lipinski definition) is 2. The Balaban J connectivity index is 3.19. The minimum absolute atomic E-state index is 0.132. The number of phenols is 1. The molecular formula is C13H20O3. The summed E-state index contributed by atoms with van der Waals surface area (Å²) in [6.45, 7) is 5.86. The maximum Gasteiger partial charge on any atom is 0.161 e. The van der Waals surface area contributed by atoms with Crippen molar-refractivity contribution in [2.24, 2.45) is 0 Å². The van der Waals surface area contributed by atoms with E-state index in [-0.39, 0.29) is 5.75 Å². The third-order valence-electron chi connectivity index (χ3n) is 2.58. The van der Waals surface area contributed by atoms with Gasteiger partial charge in [-0.05, 0) is 24.5 Å². The molecule has 0 fully saturated rings. The lowest BCUT2D eigenvalue weighted by Gasteiger charge is -2.15. The number of hydrogen-bond acceptors (Lipinski definition) is 3. The molecule has 1 rings (SSSR count). The van der Waals surface area contributed by atoms with Crippen molar-refractivity contribution in [3.63, 3.8) is 0 Å². The Kier molecular flexibility index (Phi) is 4.19. The molecule has 1 atom stereocenters. The molecule has 0 radical (unpaired) electrons. The zero-order chi connectivity index (χ0) is 12.3. The molecule has 90 valence electrons. The molecule has 1 unspecified atom stereocenters. The van der Waals surface area contributed by atoms with Crippen LogP contribution in [0.25, 0.3) is 0 Å². The molecule has 3 heteroatoms. The molecule has 0 saturated heterocycles. The molecule has 0 spiro atoms. The molecule has 0 aliphatic rings. The van der Waals surface area contributed by atoms with E-state index in [1.807, 2.05) is 12.1 Å². The third kappa shape index (κ3) is 2.89. The van der Waals surface area contributed by atoms with E-state index in [0.717, 1.165) is 11.1 Å². The molecule has 0 aliphatic carbocycles. The molecule has 0 saturated carbocycles. The van der Waals surface area contributed by atoms with Gasteiger partial charge in [-0.2, -0.15) is 0 Å². The normalized spacial score (nSPS) is 12.9. The number of aromatic hydroxyl groups is 1. The zero-order valence-electron chi connectivity index (χ0n) is 10.3. The highest BCUT2D eigenvalue weighted by molar-refractivity contribution is 5.49. The monoisotopic (exact) mass is 224 g/mol. The Bertz CT molecular complexity index is 356. The van der Waals surface area contributed by atoms with Crippen LogP contribution in [0.2, 0.25) is 0 Å². The van der Waals surface area contributed by atoms with Gasteiger partial charge in [0.05, 0.1) is 13.2 Å². The summed E-state index contributed by atoms with van der Waals surface area (Å²) in [4.78, 5) is 0. The maximum atomic E-state index is 9.91. The number of methoxy groups -OCH3 is 1. The fraction of sp³-hybridized carbons (Fsp3) is 0.538.